The molecule has 8 nitrogen and oxygen atoms in total. The van der Waals surface area contributed by atoms with E-state index in [2.05, 4.69) is 4.74 Å². The van der Waals surface area contributed by atoms with E-state index in [1.807, 2.05) is 0 Å². The van der Waals surface area contributed by atoms with Crippen LogP contribution in [0.15, 0.2) is 36.4 Å². The molecule has 146 valence electrons. The number of ether oxygens (including phenoxy) is 4. The Balaban J connectivity index is 2.27. The summed E-state index contributed by atoms with van der Waals surface area (Å²) in [5, 5.41) is 29.9. The Labute approximate surface area is 156 Å². The van der Waals surface area contributed by atoms with Crippen molar-refractivity contribution >= 4 is 5.97 Å². The van der Waals surface area contributed by atoms with Crippen LogP contribution in [0.25, 0.3) is 0 Å². The lowest BCUT2D eigenvalue weighted by molar-refractivity contribution is -0.000544. The van der Waals surface area contributed by atoms with Gasteiger partial charge in [-0.15, -0.1) is 0 Å². The first kappa shape index (κ1) is 20.3. The largest absolute Gasteiger partial charge is 0.504 e. The van der Waals surface area contributed by atoms with Crippen molar-refractivity contribution in [1.29, 1.82) is 0 Å². The van der Waals surface area contributed by atoms with Gasteiger partial charge in [-0.2, -0.15) is 0 Å². The second-order valence-corrected chi connectivity index (χ2v) is 5.57. The highest BCUT2D eigenvalue weighted by atomic mass is 16.5. The van der Waals surface area contributed by atoms with Crippen molar-refractivity contribution in [1.82, 2.24) is 0 Å². The number of aliphatic hydroxyl groups is 2. The number of carbonyl (C=O) groups excluding carboxylic acids is 1. The summed E-state index contributed by atoms with van der Waals surface area (Å²) in [7, 11) is 4.06. The first-order valence-corrected chi connectivity index (χ1v) is 8.04. The number of methoxy groups -OCH3 is 3. The van der Waals surface area contributed by atoms with Crippen molar-refractivity contribution in [3.63, 3.8) is 0 Å². The Bertz CT molecular complexity index is 789. The summed E-state index contributed by atoms with van der Waals surface area (Å²) in [5.41, 5.74) is 0.653. The molecule has 0 bridgehead atoms. The van der Waals surface area contributed by atoms with Crippen molar-refractivity contribution < 1.29 is 39.1 Å². The number of phenols is 1. The molecule has 0 amide bonds. The topological polar surface area (TPSA) is 115 Å². The monoisotopic (exact) mass is 378 g/mol. The molecule has 0 unspecified atom stereocenters. The number of benzene rings is 2. The van der Waals surface area contributed by atoms with Crippen molar-refractivity contribution in [2.75, 3.05) is 27.9 Å². The standard InChI is InChI=1S/C19H22O8/c1-24-15-8-11(4-6-13(15)21)18(22)17(10-20)27-14-7-5-12(19(23)26-3)9-16(14)25-2/h4-9,17-18,20-22H,10H2,1-3H3/t17-,18-/m1/s1. The molecule has 0 aliphatic heterocycles. The summed E-state index contributed by atoms with van der Waals surface area (Å²) in [6.07, 6.45) is -2.24. The second-order valence-electron chi connectivity index (χ2n) is 5.57. The lowest BCUT2D eigenvalue weighted by Crippen LogP contribution is -2.29. The van der Waals surface area contributed by atoms with Crippen LogP contribution in [0.5, 0.6) is 23.0 Å². The molecular formula is C19H22O8. The molecule has 0 aliphatic carbocycles. The normalized spacial score (nSPS) is 12.8. The molecule has 0 aromatic heterocycles. The van der Waals surface area contributed by atoms with Crippen LogP contribution >= 0.6 is 0 Å². The number of aliphatic hydroxyl groups excluding tert-OH is 2. The van der Waals surface area contributed by atoms with Gasteiger partial charge in [0.1, 0.15) is 6.10 Å². The van der Waals surface area contributed by atoms with E-state index in [1.54, 1.807) is 0 Å². The van der Waals surface area contributed by atoms with Crippen LogP contribution in [-0.4, -0.2) is 55.3 Å². The zero-order chi connectivity index (χ0) is 20.0. The third-order valence-electron chi connectivity index (χ3n) is 3.94. The molecule has 0 aliphatic rings. The van der Waals surface area contributed by atoms with E-state index in [4.69, 9.17) is 14.2 Å². The maximum Gasteiger partial charge on any atom is 0.337 e. The number of esters is 1. The first-order valence-electron chi connectivity index (χ1n) is 8.04. The highest BCUT2D eigenvalue weighted by Gasteiger charge is 2.25. The molecule has 0 spiro atoms. The number of rotatable bonds is 8. The SMILES string of the molecule is COC(=O)c1ccc(O[C@H](CO)[C@H](O)c2ccc(O)c(OC)c2)c(OC)c1. The van der Waals surface area contributed by atoms with Crippen molar-refractivity contribution in [2.45, 2.75) is 12.2 Å². The van der Waals surface area contributed by atoms with Gasteiger partial charge < -0.3 is 34.3 Å². The number of carbonyl (C=O) groups is 1. The summed E-state index contributed by atoms with van der Waals surface area (Å²) in [5.74, 6) is 0.0499. The van der Waals surface area contributed by atoms with Gasteiger partial charge in [0.2, 0.25) is 0 Å². The number of hydrogen-bond acceptors (Lipinski definition) is 8. The Morgan fingerprint density at radius 2 is 1.70 bits per heavy atom. The third kappa shape index (κ3) is 4.60. The molecule has 2 aromatic carbocycles. The predicted octanol–water partition coefficient (Wildman–Crippen LogP) is 1.67. The first-order chi connectivity index (χ1) is 12.9. The van der Waals surface area contributed by atoms with Crippen LogP contribution in [0.1, 0.15) is 22.0 Å². The number of aromatic hydroxyl groups is 1. The summed E-state index contributed by atoms with van der Waals surface area (Å²) in [6.45, 7) is -0.494. The van der Waals surface area contributed by atoms with Gasteiger partial charge in [0.15, 0.2) is 29.1 Å². The van der Waals surface area contributed by atoms with Gasteiger partial charge in [-0.3, -0.25) is 0 Å². The third-order valence-corrected chi connectivity index (χ3v) is 3.94. The van der Waals surface area contributed by atoms with Crippen LogP contribution < -0.4 is 14.2 Å². The molecule has 0 heterocycles. The number of phenolic OH excluding ortho intramolecular Hbond substituents is 1. The van der Waals surface area contributed by atoms with E-state index < -0.39 is 24.8 Å². The van der Waals surface area contributed by atoms with Crippen LogP contribution in [0.4, 0.5) is 0 Å². The molecule has 27 heavy (non-hydrogen) atoms. The van der Waals surface area contributed by atoms with Crippen LogP contribution in [0.2, 0.25) is 0 Å². The fourth-order valence-electron chi connectivity index (χ4n) is 2.47. The highest BCUT2D eigenvalue weighted by Crippen LogP contribution is 2.34. The van der Waals surface area contributed by atoms with Crippen molar-refractivity contribution in [3.8, 4) is 23.0 Å². The fraction of sp³-hybridized carbons (Fsp3) is 0.316. The molecule has 0 saturated heterocycles. The van der Waals surface area contributed by atoms with Crippen molar-refractivity contribution in [2.24, 2.45) is 0 Å². The van der Waals surface area contributed by atoms with E-state index in [9.17, 15) is 20.1 Å². The molecule has 3 N–H and O–H groups in total. The van der Waals surface area contributed by atoms with Crippen LogP contribution in [0.3, 0.4) is 0 Å². The zero-order valence-electron chi connectivity index (χ0n) is 15.2. The Kier molecular flexibility index (Phi) is 6.86. The molecule has 0 saturated carbocycles. The molecule has 2 rings (SSSR count). The number of hydrogen-bond donors (Lipinski definition) is 3. The second kappa shape index (κ2) is 9.11. The predicted molar refractivity (Wildman–Crippen MR) is 95.5 cm³/mol. The quantitative estimate of drug-likeness (QED) is 0.594. The van der Waals surface area contributed by atoms with E-state index in [1.165, 1.54) is 57.7 Å². The minimum Gasteiger partial charge on any atom is -0.504 e. The summed E-state index contributed by atoms with van der Waals surface area (Å²) >= 11 is 0. The van der Waals surface area contributed by atoms with Gasteiger partial charge in [-0.25, -0.2) is 4.79 Å². The van der Waals surface area contributed by atoms with Gasteiger partial charge in [-0.05, 0) is 35.9 Å². The zero-order valence-corrected chi connectivity index (χ0v) is 15.2. The lowest BCUT2D eigenvalue weighted by Gasteiger charge is -2.24. The van der Waals surface area contributed by atoms with Gasteiger partial charge in [-0.1, -0.05) is 6.07 Å². The molecule has 0 fully saturated rings. The maximum absolute atomic E-state index is 11.6. The van der Waals surface area contributed by atoms with Gasteiger partial charge in [0, 0.05) is 0 Å². The van der Waals surface area contributed by atoms with E-state index in [-0.39, 0.29) is 28.6 Å². The maximum atomic E-state index is 11.6. The van der Waals surface area contributed by atoms with Crippen LogP contribution in [0, 0.1) is 0 Å². The molecule has 2 aromatic rings. The average molecular weight is 378 g/mol. The molecule has 8 heteroatoms. The van der Waals surface area contributed by atoms with Gasteiger partial charge in [0.25, 0.3) is 0 Å². The molecule has 2 atom stereocenters. The fourth-order valence-corrected chi connectivity index (χ4v) is 2.47. The molecule has 0 radical (unpaired) electrons. The summed E-state index contributed by atoms with van der Waals surface area (Å²) < 4.78 is 20.6. The highest BCUT2D eigenvalue weighted by molar-refractivity contribution is 5.90. The van der Waals surface area contributed by atoms with Crippen molar-refractivity contribution in [3.05, 3.63) is 47.5 Å². The Hall–Kier alpha value is -2.97. The summed E-state index contributed by atoms with van der Waals surface area (Å²) in [6, 6.07) is 8.71. The van der Waals surface area contributed by atoms with E-state index in [0.29, 0.717) is 5.56 Å². The Morgan fingerprint density at radius 3 is 2.30 bits per heavy atom. The van der Waals surface area contributed by atoms with Gasteiger partial charge in [0.05, 0.1) is 33.5 Å². The average Bonchev–Trinajstić information content (AvgIpc) is 2.71. The van der Waals surface area contributed by atoms with E-state index in [0.717, 1.165) is 0 Å². The van der Waals surface area contributed by atoms with E-state index >= 15 is 0 Å². The van der Waals surface area contributed by atoms with Gasteiger partial charge >= 0.3 is 5.97 Å². The smallest absolute Gasteiger partial charge is 0.337 e. The minimum absolute atomic E-state index is 0.0741. The summed E-state index contributed by atoms with van der Waals surface area (Å²) in [4.78, 5) is 11.6. The molecular weight excluding hydrogens is 356 g/mol. The Morgan fingerprint density at radius 1 is 1.00 bits per heavy atom. The lowest BCUT2D eigenvalue weighted by atomic mass is 10.0. The minimum atomic E-state index is -1.21. The van der Waals surface area contributed by atoms with Crippen LogP contribution in [-0.2, 0) is 4.74 Å².